The zero-order valence-electron chi connectivity index (χ0n) is 16.6. The first-order valence-corrected chi connectivity index (χ1v) is 10.1. The fraction of sp³-hybridized carbons (Fsp3) is 0.0417. The van der Waals surface area contributed by atoms with E-state index in [9.17, 15) is 9.59 Å². The number of fused-ring (bicyclic) bond motifs is 1. The van der Waals surface area contributed by atoms with Crippen LogP contribution < -0.4 is 14.8 Å². The number of H-pyrrole nitrogens is 1. The lowest BCUT2D eigenvalue weighted by atomic mass is 10.0. The van der Waals surface area contributed by atoms with Gasteiger partial charge in [0.15, 0.2) is 17.3 Å². The number of hydrogen-bond donors (Lipinski definition) is 2. The van der Waals surface area contributed by atoms with E-state index in [1.807, 2.05) is 12.1 Å². The number of anilines is 1. The van der Waals surface area contributed by atoms with Crippen molar-refractivity contribution in [1.29, 1.82) is 0 Å². The molecule has 2 heterocycles. The number of amides is 1. The van der Waals surface area contributed by atoms with Gasteiger partial charge < -0.3 is 14.8 Å². The number of hydrogen-bond acceptors (Lipinski definition) is 5. The number of ketones is 1. The standard InChI is InChI=1S/C24H16ClN3O4/c25-16-7-8-18(17(11-16)23(29)14-4-2-1-3-5-14)26-24(30)20-12-19(27-28-20)15-6-9-21-22(10-15)32-13-31-21/h1-12H,13H2,(H,26,30)(H,27,28). The first-order valence-electron chi connectivity index (χ1n) is 9.74. The van der Waals surface area contributed by atoms with Gasteiger partial charge in [-0.2, -0.15) is 5.10 Å². The van der Waals surface area contributed by atoms with E-state index >= 15 is 0 Å². The molecule has 2 N–H and O–H groups in total. The van der Waals surface area contributed by atoms with Gasteiger partial charge in [-0.1, -0.05) is 41.9 Å². The summed E-state index contributed by atoms with van der Waals surface area (Å²) in [4.78, 5) is 25.8. The molecule has 0 saturated carbocycles. The van der Waals surface area contributed by atoms with Crippen LogP contribution in [0.1, 0.15) is 26.4 Å². The van der Waals surface area contributed by atoms with Crippen LogP contribution in [0.5, 0.6) is 11.5 Å². The van der Waals surface area contributed by atoms with Gasteiger partial charge >= 0.3 is 0 Å². The van der Waals surface area contributed by atoms with Crippen molar-refractivity contribution in [2.75, 3.05) is 12.1 Å². The average Bonchev–Trinajstić information content (AvgIpc) is 3.49. The molecule has 0 saturated heterocycles. The lowest BCUT2D eigenvalue weighted by Crippen LogP contribution is -2.15. The first kappa shape index (κ1) is 19.8. The van der Waals surface area contributed by atoms with Crippen LogP contribution >= 0.6 is 11.6 Å². The number of aromatic amines is 1. The number of ether oxygens (including phenoxy) is 2. The average molecular weight is 446 g/mol. The number of halogens is 1. The highest BCUT2D eigenvalue weighted by molar-refractivity contribution is 6.31. The molecule has 7 nitrogen and oxygen atoms in total. The monoisotopic (exact) mass is 445 g/mol. The van der Waals surface area contributed by atoms with Crippen molar-refractivity contribution in [3.05, 3.63) is 94.6 Å². The maximum absolute atomic E-state index is 13.0. The maximum atomic E-state index is 13.0. The molecule has 3 aromatic carbocycles. The lowest BCUT2D eigenvalue weighted by molar-refractivity contribution is 0.102. The molecule has 1 amide bonds. The van der Waals surface area contributed by atoms with Crippen molar-refractivity contribution < 1.29 is 19.1 Å². The van der Waals surface area contributed by atoms with Crippen molar-refractivity contribution in [3.63, 3.8) is 0 Å². The normalized spacial score (nSPS) is 11.9. The fourth-order valence-corrected chi connectivity index (χ4v) is 3.56. The third-order valence-electron chi connectivity index (χ3n) is 5.00. The smallest absolute Gasteiger partial charge is 0.273 e. The molecule has 0 bridgehead atoms. The van der Waals surface area contributed by atoms with Crippen molar-refractivity contribution in [2.24, 2.45) is 0 Å². The molecule has 0 fully saturated rings. The second-order valence-electron chi connectivity index (χ2n) is 7.07. The van der Waals surface area contributed by atoms with Gasteiger partial charge in [-0.05, 0) is 42.5 Å². The Hall–Kier alpha value is -4.10. The van der Waals surface area contributed by atoms with Gasteiger partial charge in [-0.25, -0.2) is 0 Å². The minimum Gasteiger partial charge on any atom is -0.454 e. The van der Waals surface area contributed by atoms with Gasteiger partial charge in [0.05, 0.1) is 11.4 Å². The van der Waals surface area contributed by atoms with Gasteiger partial charge in [0, 0.05) is 21.7 Å². The Morgan fingerprint density at radius 1 is 0.938 bits per heavy atom. The summed E-state index contributed by atoms with van der Waals surface area (Å²) in [5, 5.41) is 10.1. The molecule has 0 radical (unpaired) electrons. The van der Waals surface area contributed by atoms with E-state index in [-0.39, 0.29) is 18.3 Å². The summed E-state index contributed by atoms with van der Waals surface area (Å²) >= 11 is 6.11. The number of nitrogens with one attached hydrogen (secondary N) is 2. The van der Waals surface area contributed by atoms with E-state index in [4.69, 9.17) is 21.1 Å². The van der Waals surface area contributed by atoms with Crippen LogP contribution in [-0.4, -0.2) is 28.7 Å². The summed E-state index contributed by atoms with van der Waals surface area (Å²) in [6, 6.07) is 20.6. The minimum atomic E-state index is -0.436. The predicted molar refractivity (Wildman–Crippen MR) is 119 cm³/mol. The van der Waals surface area contributed by atoms with Crippen LogP contribution in [0.25, 0.3) is 11.3 Å². The highest BCUT2D eigenvalue weighted by atomic mass is 35.5. The molecule has 158 valence electrons. The molecule has 1 aliphatic heterocycles. The molecule has 1 aliphatic rings. The largest absolute Gasteiger partial charge is 0.454 e. The maximum Gasteiger partial charge on any atom is 0.273 e. The van der Waals surface area contributed by atoms with Crippen LogP contribution in [0.15, 0.2) is 72.8 Å². The van der Waals surface area contributed by atoms with Crippen LogP contribution in [-0.2, 0) is 0 Å². The van der Waals surface area contributed by atoms with Crippen LogP contribution in [0.2, 0.25) is 5.02 Å². The number of benzene rings is 3. The molecule has 32 heavy (non-hydrogen) atoms. The summed E-state index contributed by atoms with van der Waals surface area (Å²) in [5.41, 5.74) is 2.74. The topological polar surface area (TPSA) is 93.3 Å². The number of nitrogens with zero attached hydrogens (tertiary/aromatic N) is 1. The molecule has 8 heteroatoms. The molecule has 4 aromatic rings. The predicted octanol–water partition coefficient (Wildman–Crippen LogP) is 4.94. The third kappa shape index (κ3) is 3.81. The third-order valence-corrected chi connectivity index (χ3v) is 5.24. The number of rotatable bonds is 5. The molecule has 1 aromatic heterocycles. The van der Waals surface area contributed by atoms with E-state index in [1.165, 1.54) is 6.07 Å². The van der Waals surface area contributed by atoms with Crippen LogP contribution in [0.4, 0.5) is 5.69 Å². The second kappa shape index (κ2) is 8.20. The Morgan fingerprint density at radius 3 is 2.59 bits per heavy atom. The summed E-state index contributed by atoms with van der Waals surface area (Å²) in [5.74, 6) is 0.616. The highest BCUT2D eigenvalue weighted by Crippen LogP contribution is 2.35. The second-order valence-corrected chi connectivity index (χ2v) is 7.51. The van der Waals surface area contributed by atoms with Crippen molar-refractivity contribution in [3.8, 4) is 22.8 Å². The Kier molecular flexibility index (Phi) is 5.09. The zero-order chi connectivity index (χ0) is 22.1. The molecule has 5 rings (SSSR count). The Morgan fingerprint density at radius 2 is 1.75 bits per heavy atom. The molecule has 0 spiro atoms. The molecule has 0 atom stereocenters. The van der Waals surface area contributed by atoms with Gasteiger partial charge in [0.2, 0.25) is 6.79 Å². The first-order chi connectivity index (χ1) is 15.6. The molecular formula is C24H16ClN3O4. The molecule has 0 unspecified atom stereocenters. The van der Waals surface area contributed by atoms with Gasteiger partial charge in [0.25, 0.3) is 5.91 Å². The van der Waals surface area contributed by atoms with Gasteiger partial charge in [0.1, 0.15) is 5.69 Å². The van der Waals surface area contributed by atoms with E-state index < -0.39 is 5.91 Å². The Labute approximate surface area is 187 Å². The number of carbonyl (C=O) groups is 2. The van der Waals surface area contributed by atoms with E-state index in [1.54, 1.807) is 54.6 Å². The Bertz CT molecular complexity index is 1330. The highest BCUT2D eigenvalue weighted by Gasteiger charge is 2.19. The molecular weight excluding hydrogens is 430 g/mol. The van der Waals surface area contributed by atoms with E-state index in [2.05, 4.69) is 15.5 Å². The van der Waals surface area contributed by atoms with Crippen molar-refractivity contribution in [2.45, 2.75) is 0 Å². The van der Waals surface area contributed by atoms with E-state index in [0.717, 1.165) is 5.56 Å². The van der Waals surface area contributed by atoms with Crippen molar-refractivity contribution >= 4 is 29.0 Å². The van der Waals surface area contributed by atoms with Gasteiger partial charge in [-0.3, -0.25) is 14.7 Å². The summed E-state index contributed by atoms with van der Waals surface area (Å²) in [7, 11) is 0. The van der Waals surface area contributed by atoms with Crippen molar-refractivity contribution in [1.82, 2.24) is 10.2 Å². The quantitative estimate of drug-likeness (QED) is 0.424. The summed E-state index contributed by atoms with van der Waals surface area (Å²) < 4.78 is 10.7. The SMILES string of the molecule is O=C(Nc1ccc(Cl)cc1C(=O)c1ccccc1)c1cc(-c2ccc3c(c2)OCO3)n[nH]1. The van der Waals surface area contributed by atoms with Crippen LogP contribution in [0, 0.1) is 0 Å². The molecule has 0 aliphatic carbocycles. The van der Waals surface area contributed by atoms with Crippen LogP contribution in [0.3, 0.4) is 0 Å². The minimum absolute atomic E-state index is 0.179. The number of aromatic nitrogens is 2. The Balaban J connectivity index is 1.40. The zero-order valence-corrected chi connectivity index (χ0v) is 17.3. The van der Waals surface area contributed by atoms with Gasteiger partial charge in [-0.15, -0.1) is 0 Å². The summed E-state index contributed by atoms with van der Waals surface area (Å²) in [6.45, 7) is 0.179. The summed E-state index contributed by atoms with van der Waals surface area (Å²) in [6.07, 6.45) is 0. The lowest BCUT2D eigenvalue weighted by Gasteiger charge is -2.10. The fourth-order valence-electron chi connectivity index (χ4n) is 3.39. The van der Waals surface area contributed by atoms with E-state index in [0.29, 0.717) is 39.0 Å². The number of carbonyl (C=O) groups excluding carboxylic acids is 2.